The molecule has 2 aliphatic rings. The molecule has 19 heavy (non-hydrogen) atoms. The standard InChI is InChI=1S/C14H24N4O/c1-13(2)7-12(14(3,4)19-13)18-9-11(16-17-18)8-15-10-5-6-10/h9-10,12,15H,5-8H2,1-4H3. The number of ether oxygens (including phenoxy) is 1. The zero-order valence-electron chi connectivity index (χ0n) is 12.3. The van der Waals surface area contributed by atoms with Crippen LogP contribution in [0.5, 0.6) is 0 Å². The summed E-state index contributed by atoms with van der Waals surface area (Å²) in [6.07, 6.45) is 5.63. The number of hydrogen-bond acceptors (Lipinski definition) is 4. The van der Waals surface area contributed by atoms with Crippen molar-refractivity contribution < 1.29 is 4.74 Å². The third-order valence-electron chi connectivity index (χ3n) is 4.05. The monoisotopic (exact) mass is 264 g/mol. The van der Waals surface area contributed by atoms with Crippen molar-refractivity contribution >= 4 is 0 Å². The summed E-state index contributed by atoms with van der Waals surface area (Å²) >= 11 is 0. The predicted octanol–water partition coefficient (Wildman–Crippen LogP) is 2.05. The van der Waals surface area contributed by atoms with Gasteiger partial charge in [0.1, 0.15) is 0 Å². The Hall–Kier alpha value is -0.940. The summed E-state index contributed by atoms with van der Waals surface area (Å²) in [5.74, 6) is 0. The van der Waals surface area contributed by atoms with E-state index in [9.17, 15) is 0 Å². The van der Waals surface area contributed by atoms with Gasteiger partial charge in [0.05, 0.1) is 29.1 Å². The van der Waals surface area contributed by atoms with Crippen LogP contribution in [0.2, 0.25) is 0 Å². The maximum atomic E-state index is 6.12. The molecule has 5 heteroatoms. The van der Waals surface area contributed by atoms with Gasteiger partial charge < -0.3 is 10.1 Å². The number of hydrogen-bond donors (Lipinski definition) is 1. The van der Waals surface area contributed by atoms with Crippen LogP contribution in [-0.2, 0) is 11.3 Å². The minimum Gasteiger partial charge on any atom is -0.367 e. The Morgan fingerprint density at radius 3 is 2.68 bits per heavy atom. The first kappa shape index (κ1) is 13.1. The van der Waals surface area contributed by atoms with Crippen LogP contribution in [0, 0.1) is 0 Å². The summed E-state index contributed by atoms with van der Waals surface area (Å²) in [6, 6.07) is 0.958. The molecular formula is C14H24N4O. The van der Waals surface area contributed by atoms with Crippen molar-refractivity contribution in [1.82, 2.24) is 20.3 Å². The number of aromatic nitrogens is 3. The van der Waals surface area contributed by atoms with E-state index in [0.717, 1.165) is 18.7 Å². The third kappa shape index (κ3) is 2.82. The maximum absolute atomic E-state index is 6.12. The van der Waals surface area contributed by atoms with E-state index in [0.29, 0.717) is 6.04 Å². The van der Waals surface area contributed by atoms with Crippen LogP contribution in [0.15, 0.2) is 6.20 Å². The van der Waals surface area contributed by atoms with Gasteiger partial charge in [0.25, 0.3) is 0 Å². The number of nitrogens with zero attached hydrogens (tertiary/aromatic N) is 3. The molecule has 1 N–H and O–H groups in total. The fourth-order valence-electron chi connectivity index (χ4n) is 3.03. The van der Waals surface area contributed by atoms with Gasteiger partial charge in [-0.2, -0.15) is 0 Å². The second-order valence-corrected chi connectivity index (χ2v) is 7.03. The van der Waals surface area contributed by atoms with E-state index in [2.05, 4.69) is 49.5 Å². The molecular weight excluding hydrogens is 240 g/mol. The van der Waals surface area contributed by atoms with Crippen LogP contribution in [-0.4, -0.2) is 32.2 Å². The van der Waals surface area contributed by atoms with E-state index in [4.69, 9.17) is 4.74 Å². The van der Waals surface area contributed by atoms with Gasteiger partial charge in [-0.25, -0.2) is 4.68 Å². The van der Waals surface area contributed by atoms with Gasteiger partial charge in [-0.1, -0.05) is 5.21 Å². The first-order valence-corrected chi connectivity index (χ1v) is 7.20. The second-order valence-electron chi connectivity index (χ2n) is 7.03. The van der Waals surface area contributed by atoms with Crippen molar-refractivity contribution in [3.8, 4) is 0 Å². The average Bonchev–Trinajstić information content (AvgIpc) is 2.94. The Labute approximate surface area is 114 Å². The molecule has 1 aliphatic heterocycles. The molecule has 1 aromatic rings. The molecule has 3 rings (SSSR count). The predicted molar refractivity (Wildman–Crippen MR) is 72.8 cm³/mol. The van der Waals surface area contributed by atoms with Gasteiger partial charge >= 0.3 is 0 Å². The number of rotatable bonds is 4. The lowest BCUT2D eigenvalue weighted by atomic mass is 9.95. The lowest BCUT2D eigenvalue weighted by Gasteiger charge is -2.26. The fourth-order valence-corrected chi connectivity index (χ4v) is 3.03. The third-order valence-corrected chi connectivity index (χ3v) is 4.05. The fraction of sp³-hybridized carbons (Fsp3) is 0.857. The highest BCUT2D eigenvalue weighted by Crippen LogP contribution is 2.44. The first-order chi connectivity index (χ1) is 8.86. The molecule has 106 valence electrons. The SMILES string of the molecule is CC1(C)CC(n2cc(CNC3CC3)nn2)C(C)(C)O1. The van der Waals surface area contributed by atoms with Crippen LogP contribution in [0.25, 0.3) is 0 Å². The van der Waals surface area contributed by atoms with E-state index >= 15 is 0 Å². The van der Waals surface area contributed by atoms with Gasteiger partial charge in [-0.05, 0) is 40.5 Å². The molecule has 0 bridgehead atoms. The molecule has 1 saturated carbocycles. The summed E-state index contributed by atoms with van der Waals surface area (Å²) in [6.45, 7) is 9.37. The Kier molecular flexibility index (Phi) is 2.94. The van der Waals surface area contributed by atoms with Crippen LogP contribution in [0.4, 0.5) is 0 Å². The lowest BCUT2D eigenvalue weighted by Crippen LogP contribution is -2.31. The van der Waals surface area contributed by atoms with Crippen molar-refractivity contribution in [2.75, 3.05) is 0 Å². The quantitative estimate of drug-likeness (QED) is 0.904. The Morgan fingerprint density at radius 1 is 1.37 bits per heavy atom. The second kappa shape index (κ2) is 4.28. The van der Waals surface area contributed by atoms with Crippen molar-refractivity contribution in [2.45, 2.75) is 76.8 Å². The van der Waals surface area contributed by atoms with E-state index in [1.165, 1.54) is 12.8 Å². The molecule has 1 aliphatic carbocycles. The molecule has 1 unspecified atom stereocenters. The van der Waals surface area contributed by atoms with Gasteiger partial charge in [0.2, 0.25) is 0 Å². The van der Waals surface area contributed by atoms with E-state index < -0.39 is 0 Å². The normalized spacial score (nSPS) is 28.7. The van der Waals surface area contributed by atoms with Gasteiger partial charge in [-0.15, -0.1) is 5.10 Å². The first-order valence-electron chi connectivity index (χ1n) is 7.20. The van der Waals surface area contributed by atoms with E-state index in [1.807, 2.05) is 4.68 Å². The van der Waals surface area contributed by atoms with Crippen LogP contribution in [0.1, 0.15) is 58.7 Å². The topological polar surface area (TPSA) is 52.0 Å². The average molecular weight is 264 g/mol. The minimum absolute atomic E-state index is 0.0907. The molecule has 5 nitrogen and oxygen atoms in total. The zero-order valence-corrected chi connectivity index (χ0v) is 12.3. The highest BCUT2D eigenvalue weighted by Gasteiger charge is 2.47. The van der Waals surface area contributed by atoms with Gasteiger partial charge in [0, 0.05) is 19.0 Å². The molecule has 0 aromatic carbocycles. The maximum Gasteiger partial charge on any atom is 0.0965 e. The summed E-state index contributed by atoms with van der Waals surface area (Å²) in [5, 5.41) is 12.0. The highest BCUT2D eigenvalue weighted by atomic mass is 16.5. The van der Waals surface area contributed by atoms with Crippen molar-refractivity contribution in [1.29, 1.82) is 0 Å². The summed E-state index contributed by atoms with van der Waals surface area (Å²) in [5.41, 5.74) is 0.734. The van der Waals surface area contributed by atoms with Crippen LogP contribution < -0.4 is 5.32 Å². The Balaban J connectivity index is 1.71. The Bertz CT molecular complexity index is 462. The largest absolute Gasteiger partial charge is 0.367 e. The molecule has 1 aromatic heterocycles. The number of nitrogens with one attached hydrogen (secondary N) is 1. The molecule has 1 atom stereocenters. The summed E-state index contributed by atoms with van der Waals surface area (Å²) in [4.78, 5) is 0. The zero-order chi connectivity index (χ0) is 13.7. The molecule has 0 radical (unpaired) electrons. The molecule has 0 amide bonds. The molecule has 2 fully saturated rings. The lowest BCUT2D eigenvalue weighted by molar-refractivity contribution is -0.0738. The van der Waals surface area contributed by atoms with Crippen molar-refractivity contribution in [2.24, 2.45) is 0 Å². The Morgan fingerprint density at radius 2 is 2.11 bits per heavy atom. The van der Waals surface area contributed by atoms with E-state index in [-0.39, 0.29) is 17.2 Å². The van der Waals surface area contributed by atoms with E-state index in [1.54, 1.807) is 0 Å². The minimum atomic E-state index is -0.196. The highest BCUT2D eigenvalue weighted by molar-refractivity contribution is 5.01. The molecule has 2 heterocycles. The smallest absolute Gasteiger partial charge is 0.0965 e. The van der Waals surface area contributed by atoms with Crippen molar-refractivity contribution in [3.05, 3.63) is 11.9 Å². The van der Waals surface area contributed by atoms with Gasteiger partial charge in [0.15, 0.2) is 0 Å². The summed E-state index contributed by atoms with van der Waals surface area (Å²) in [7, 11) is 0. The molecule has 1 saturated heterocycles. The van der Waals surface area contributed by atoms with Crippen LogP contribution >= 0.6 is 0 Å². The van der Waals surface area contributed by atoms with Crippen LogP contribution in [0.3, 0.4) is 0 Å². The summed E-state index contributed by atoms with van der Waals surface area (Å²) < 4.78 is 8.10. The van der Waals surface area contributed by atoms with Crippen molar-refractivity contribution in [3.63, 3.8) is 0 Å². The molecule has 0 spiro atoms. The van der Waals surface area contributed by atoms with Gasteiger partial charge in [-0.3, -0.25) is 0 Å².